The van der Waals surface area contributed by atoms with E-state index >= 15 is 0 Å². The van der Waals surface area contributed by atoms with E-state index in [4.69, 9.17) is 9.15 Å². The lowest BCUT2D eigenvalue weighted by Gasteiger charge is -2.12. The van der Waals surface area contributed by atoms with Gasteiger partial charge in [0.15, 0.2) is 5.76 Å². The molecular weight excluding hydrogens is 314 g/mol. The number of ether oxygens (including phenoxy) is 1. The van der Waals surface area contributed by atoms with Gasteiger partial charge in [-0.15, -0.1) is 0 Å². The van der Waals surface area contributed by atoms with Gasteiger partial charge in [-0.2, -0.15) is 0 Å². The van der Waals surface area contributed by atoms with Crippen LogP contribution in [-0.2, 0) is 11.3 Å². The SMILES string of the molecule is Cc1cccc(C)c1NC(=O)c1oc2ccccc2c1COC(C)C. The minimum Gasteiger partial charge on any atom is -0.451 e. The molecule has 1 aromatic heterocycles. The third-order valence-electron chi connectivity index (χ3n) is 4.19. The Kier molecular flexibility index (Phi) is 4.91. The minimum absolute atomic E-state index is 0.0724. The first-order chi connectivity index (χ1) is 12.0. The van der Waals surface area contributed by atoms with Crippen molar-refractivity contribution in [3.8, 4) is 0 Å². The smallest absolute Gasteiger partial charge is 0.291 e. The van der Waals surface area contributed by atoms with Crippen LogP contribution in [0.3, 0.4) is 0 Å². The summed E-state index contributed by atoms with van der Waals surface area (Å²) in [7, 11) is 0. The molecule has 1 amide bonds. The van der Waals surface area contributed by atoms with Gasteiger partial charge >= 0.3 is 0 Å². The van der Waals surface area contributed by atoms with Crippen LogP contribution >= 0.6 is 0 Å². The first kappa shape index (κ1) is 17.2. The molecule has 0 unspecified atom stereocenters. The predicted octanol–water partition coefficient (Wildman–Crippen LogP) is 5.23. The molecule has 4 heteroatoms. The monoisotopic (exact) mass is 337 g/mol. The van der Waals surface area contributed by atoms with Crippen molar-refractivity contribution in [2.45, 2.75) is 40.4 Å². The van der Waals surface area contributed by atoms with Crippen LogP contribution in [0, 0.1) is 13.8 Å². The summed E-state index contributed by atoms with van der Waals surface area (Å²) in [4.78, 5) is 12.9. The summed E-state index contributed by atoms with van der Waals surface area (Å²) in [6, 6.07) is 13.6. The van der Waals surface area contributed by atoms with Gasteiger partial charge in [0, 0.05) is 16.6 Å². The normalized spacial score (nSPS) is 11.2. The van der Waals surface area contributed by atoms with Crippen molar-refractivity contribution in [3.63, 3.8) is 0 Å². The van der Waals surface area contributed by atoms with Gasteiger partial charge in [-0.05, 0) is 44.9 Å². The number of para-hydroxylation sites is 2. The lowest BCUT2D eigenvalue weighted by atomic mass is 10.1. The topological polar surface area (TPSA) is 51.5 Å². The van der Waals surface area contributed by atoms with E-state index in [2.05, 4.69) is 5.32 Å². The van der Waals surface area contributed by atoms with Crippen molar-refractivity contribution in [1.29, 1.82) is 0 Å². The number of aryl methyl sites for hydroxylation is 2. The second kappa shape index (κ2) is 7.11. The number of hydrogen-bond acceptors (Lipinski definition) is 3. The molecule has 0 radical (unpaired) electrons. The van der Waals surface area contributed by atoms with E-state index in [0.717, 1.165) is 27.8 Å². The Bertz CT molecular complexity index is 888. The second-order valence-corrected chi connectivity index (χ2v) is 6.49. The fraction of sp³-hybridized carbons (Fsp3) is 0.286. The standard InChI is InChI=1S/C21H23NO3/c1-13(2)24-12-17-16-10-5-6-11-18(16)25-20(17)21(23)22-19-14(3)8-7-9-15(19)4/h5-11,13H,12H2,1-4H3,(H,22,23). The Morgan fingerprint density at radius 2 is 1.76 bits per heavy atom. The van der Waals surface area contributed by atoms with Crippen LogP contribution < -0.4 is 5.32 Å². The Labute approximate surface area is 147 Å². The van der Waals surface area contributed by atoms with E-state index in [0.29, 0.717) is 18.0 Å². The molecular formula is C21H23NO3. The average Bonchev–Trinajstić information content (AvgIpc) is 2.95. The number of benzene rings is 2. The highest BCUT2D eigenvalue weighted by molar-refractivity contribution is 6.07. The number of nitrogens with one attached hydrogen (secondary N) is 1. The lowest BCUT2D eigenvalue weighted by molar-refractivity contribution is 0.0648. The van der Waals surface area contributed by atoms with Crippen molar-refractivity contribution in [3.05, 3.63) is 64.9 Å². The van der Waals surface area contributed by atoms with Crippen LogP contribution in [0.15, 0.2) is 46.9 Å². The molecule has 0 spiro atoms. The summed E-state index contributed by atoms with van der Waals surface area (Å²) in [6.07, 6.45) is 0.0724. The van der Waals surface area contributed by atoms with Gasteiger partial charge in [-0.3, -0.25) is 4.79 Å². The molecule has 0 saturated heterocycles. The van der Waals surface area contributed by atoms with Crippen molar-refractivity contribution < 1.29 is 13.9 Å². The van der Waals surface area contributed by atoms with Crippen LogP contribution in [0.1, 0.15) is 41.1 Å². The lowest BCUT2D eigenvalue weighted by Crippen LogP contribution is -2.15. The molecule has 2 aromatic carbocycles. The largest absolute Gasteiger partial charge is 0.451 e. The summed E-state index contributed by atoms with van der Waals surface area (Å²) < 4.78 is 11.6. The third kappa shape index (κ3) is 3.59. The summed E-state index contributed by atoms with van der Waals surface area (Å²) in [5.41, 5.74) is 4.34. The molecule has 4 nitrogen and oxygen atoms in total. The van der Waals surface area contributed by atoms with Crippen molar-refractivity contribution >= 4 is 22.6 Å². The Hall–Kier alpha value is -2.59. The van der Waals surface area contributed by atoms with Gasteiger partial charge in [0.05, 0.1) is 12.7 Å². The fourth-order valence-corrected chi connectivity index (χ4v) is 2.86. The van der Waals surface area contributed by atoms with Crippen LogP contribution in [0.2, 0.25) is 0 Å². The van der Waals surface area contributed by atoms with Gasteiger partial charge in [0.1, 0.15) is 5.58 Å². The maximum atomic E-state index is 12.9. The molecule has 0 aliphatic heterocycles. The van der Waals surface area contributed by atoms with Gasteiger partial charge in [-0.1, -0.05) is 36.4 Å². The van der Waals surface area contributed by atoms with E-state index in [1.165, 1.54) is 0 Å². The Morgan fingerprint density at radius 1 is 1.08 bits per heavy atom. The van der Waals surface area contributed by atoms with Gasteiger partial charge in [0.25, 0.3) is 5.91 Å². The molecule has 0 bridgehead atoms. The number of carbonyl (C=O) groups is 1. The van der Waals surface area contributed by atoms with Crippen molar-refractivity contribution in [2.24, 2.45) is 0 Å². The number of carbonyl (C=O) groups excluding carboxylic acids is 1. The number of amides is 1. The highest BCUT2D eigenvalue weighted by Gasteiger charge is 2.21. The maximum Gasteiger partial charge on any atom is 0.291 e. The molecule has 3 aromatic rings. The Balaban J connectivity index is 1.99. The van der Waals surface area contributed by atoms with Crippen LogP contribution in [0.5, 0.6) is 0 Å². The summed E-state index contributed by atoms with van der Waals surface area (Å²) in [5.74, 6) is 0.0560. The molecule has 0 aliphatic carbocycles. The third-order valence-corrected chi connectivity index (χ3v) is 4.19. The summed E-state index contributed by atoms with van der Waals surface area (Å²) >= 11 is 0. The van der Waals surface area contributed by atoms with Crippen LogP contribution in [0.25, 0.3) is 11.0 Å². The average molecular weight is 337 g/mol. The number of rotatable bonds is 5. The molecule has 0 aliphatic rings. The molecule has 25 heavy (non-hydrogen) atoms. The molecule has 3 rings (SSSR count). The van der Waals surface area contributed by atoms with E-state index in [1.54, 1.807) is 0 Å². The van der Waals surface area contributed by atoms with E-state index in [9.17, 15) is 4.79 Å². The zero-order valence-corrected chi connectivity index (χ0v) is 15.1. The van der Waals surface area contributed by atoms with E-state index < -0.39 is 0 Å². The molecule has 1 N–H and O–H groups in total. The molecule has 0 atom stereocenters. The molecule has 0 saturated carbocycles. The van der Waals surface area contributed by atoms with Crippen molar-refractivity contribution in [1.82, 2.24) is 0 Å². The number of hydrogen-bond donors (Lipinski definition) is 1. The Morgan fingerprint density at radius 3 is 2.44 bits per heavy atom. The van der Waals surface area contributed by atoms with Gasteiger partial charge in [-0.25, -0.2) is 0 Å². The number of anilines is 1. The van der Waals surface area contributed by atoms with Gasteiger partial charge in [0.2, 0.25) is 0 Å². The highest BCUT2D eigenvalue weighted by Crippen LogP contribution is 2.28. The van der Waals surface area contributed by atoms with Gasteiger partial charge < -0.3 is 14.5 Å². The maximum absolute atomic E-state index is 12.9. The van der Waals surface area contributed by atoms with Crippen LogP contribution in [-0.4, -0.2) is 12.0 Å². The predicted molar refractivity (Wildman–Crippen MR) is 100 cm³/mol. The summed E-state index contributed by atoms with van der Waals surface area (Å²) in [5, 5.41) is 3.91. The molecule has 1 heterocycles. The number of fused-ring (bicyclic) bond motifs is 1. The van der Waals surface area contributed by atoms with E-state index in [-0.39, 0.29) is 12.0 Å². The highest BCUT2D eigenvalue weighted by atomic mass is 16.5. The molecule has 130 valence electrons. The summed E-state index contributed by atoms with van der Waals surface area (Å²) in [6.45, 7) is 8.23. The zero-order chi connectivity index (χ0) is 18.0. The van der Waals surface area contributed by atoms with E-state index in [1.807, 2.05) is 70.2 Å². The zero-order valence-electron chi connectivity index (χ0n) is 15.1. The fourth-order valence-electron chi connectivity index (χ4n) is 2.86. The minimum atomic E-state index is -0.254. The van der Waals surface area contributed by atoms with Crippen molar-refractivity contribution in [2.75, 3.05) is 5.32 Å². The number of furan rings is 1. The first-order valence-corrected chi connectivity index (χ1v) is 8.47. The second-order valence-electron chi connectivity index (χ2n) is 6.49. The molecule has 0 fully saturated rings. The quantitative estimate of drug-likeness (QED) is 0.694. The first-order valence-electron chi connectivity index (χ1n) is 8.47. The van der Waals surface area contributed by atoms with Crippen LogP contribution in [0.4, 0.5) is 5.69 Å².